The summed E-state index contributed by atoms with van der Waals surface area (Å²) in [4.78, 5) is 15.1. The molecule has 8 heteroatoms. The number of morpholine rings is 1. The largest absolute Gasteiger partial charge is 0.378 e. The predicted molar refractivity (Wildman–Crippen MR) is 90.3 cm³/mol. The number of benzene rings is 1. The van der Waals surface area contributed by atoms with Crippen molar-refractivity contribution in [3.63, 3.8) is 0 Å². The standard InChI is InChI=1S/C15H20N2O4S2/c1-3-6-16-23(19,20)12-4-5-13(14(11-12)22-2)15(18)17-7-9-21-10-8-17/h3-5,11,16H,1,6-10H2,2H3. The van der Waals surface area contributed by atoms with Crippen LogP contribution in [0.5, 0.6) is 0 Å². The van der Waals surface area contributed by atoms with E-state index in [1.807, 2.05) is 6.26 Å². The fourth-order valence-corrected chi connectivity index (χ4v) is 3.92. The summed E-state index contributed by atoms with van der Waals surface area (Å²) in [5.74, 6) is -0.0966. The van der Waals surface area contributed by atoms with Crippen LogP contribution < -0.4 is 4.72 Å². The molecule has 6 nitrogen and oxygen atoms in total. The molecule has 1 fully saturated rings. The van der Waals surface area contributed by atoms with E-state index < -0.39 is 10.0 Å². The molecule has 0 radical (unpaired) electrons. The highest BCUT2D eigenvalue weighted by Gasteiger charge is 2.23. The molecule has 0 aromatic heterocycles. The quantitative estimate of drug-likeness (QED) is 0.615. The van der Waals surface area contributed by atoms with Crippen LogP contribution >= 0.6 is 11.8 Å². The highest BCUT2D eigenvalue weighted by atomic mass is 32.2. The number of carbonyl (C=O) groups excluding carboxylic acids is 1. The van der Waals surface area contributed by atoms with Gasteiger partial charge in [-0.3, -0.25) is 4.79 Å². The van der Waals surface area contributed by atoms with Gasteiger partial charge in [-0.05, 0) is 24.5 Å². The van der Waals surface area contributed by atoms with E-state index in [-0.39, 0.29) is 17.3 Å². The van der Waals surface area contributed by atoms with Gasteiger partial charge in [0.15, 0.2) is 0 Å². The lowest BCUT2D eigenvalue weighted by molar-refractivity contribution is 0.0300. The normalized spacial score (nSPS) is 15.4. The molecular formula is C15H20N2O4S2. The summed E-state index contributed by atoms with van der Waals surface area (Å²) >= 11 is 1.35. The van der Waals surface area contributed by atoms with Gasteiger partial charge in [0.05, 0.1) is 23.7 Å². The van der Waals surface area contributed by atoms with Gasteiger partial charge < -0.3 is 9.64 Å². The highest BCUT2D eigenvalue weighted by molar-refractivity contribution is 7.98. The molecule has 2 rings (SSSR count). The topological polar surface area (TPSA) is 75.7 Å². The summed E-state index contributed by atoms with van der Waals surface area (Å²) in [6.45, 7) is 5.80. The Bertz CT molecular complexity index is 683. The smallest absolute Gasteiger partial charge is 0.255 e. The summed E-state index contributed by atoms with van der Waals surface area (Å²) in [5.41, 5.74) is 0.516. The Kier molecular flexibility index (Phi) is 6.23. The molecule has 1 heterocycles. The molecular weight excluding hydrogens is 336 g/mol. The second kappa shape index (κ2) is 7.96. The molecule has 0 saturated carbocycles. The lowest BCUT2D eigenvalue weighted by Gasteiger charge is -2.27. The molecule has 0 atom stereocenters. The van der Waals surface area contributed by atoms with E-state index in [9.17, 15) is 13.2 Å². The fourth-order valence-electron chi connectivity index (χ4n) is 2.20. The summed E-state index contributed by atoms with van der Waals surface area (Å²) in [6, 6.07) is 4.56. The average molecular weight is 356 g/mol. The van der Waals surface area contributed by atoms with Gasteiger partial charge in [0.1, 0.15) is 0 Å². The summed E-state index contributed by atoms with van der Waals surface area (Å²) in [6.07, 6.45) is 3.29. The van der Waals surface area contributed by atoms with E-state index in [1.165, 1.54) is 30.0 Å². The van der Waals surface area contributed by atoms with Crippen molar-refractivity contribution in [2.75, 3.05) is 39.1 Å². The zero-order chi connectivity index (χ0) is 16.9. The maximum absolute atomic E-state index is 12.6. The van der Waals surface area contributed by atoms with Crippen LogP contribution in [0.1, 0.15) is 10.4 Å². The number of amides is 1. The van der Waals surface area contributed by atoms with Gasteiger partial charge in [0.2, 0.25) is 10.0 Å². The van der Waals surface area contributed by atoms with Crippen LogP contribution in [0, 0.1) is 0 Å². The maximum Gasteiger partial charge on any atom is 0.255 e. The van der Waals surface area contributed by atoms with Gasteiger partial charge in [-0.2, -0.15) is 0 Å². The number of thioether (sulfide) groups is 1. The van der Waals surface area contributed by atoms with Gasteiger partial charge in [-0.15, -0.1) is 18.3 Å². The Morgan fingerprint density at radius 1 is 1.43 bits per heavy atom. The van der Waals surface area contributed by atoms with Gasteiger partial charge in [-0.25, -0.2) is 13.1 Å². The van der Waals surface area contributed by atoms with Crippen molar-refractivity contribution in [3.8, 4) is 0 Å². The molecule has 0 aliphatic carbocycles. The SMILES string of the molecule is C=CCNS(=O)(=O)c1ccc(C(=O)N2CCOCC2)c(SC)c1. The van der Waals surface area contributed by atoms with Crippen molar-refractivity contribution in [3.05, 3.63) is 36.4 Å². The Labute approximate surface area is 140 Å². The minimum atomic E-state index is -3.60. The first kappa shape index (κ1) is 18.0. The second-order valence-corrected chi connectivity index (χ2v) is 7.52. The van der Waals surface area contributed by atoms with Crippen molar-refractivity contribution in [2.45, 2.75) is 9.79 Å². The molecule has 1 saturated heterocycles. The molecule has 0 bridgehead atoms. The Hall–Kier alpha value is -1.35. The van der Waals surface area contributed by atoms with Crippen LogP contribution in [0.15, 0.2) is 40.6 Å². The number of rotatable bonds is 6. The molecule has 0 unspecified atom stereocenters. The van der Waals surface area contributed by atoms with Gasteiger partial charge >= 0.3 is 0 Å². The maximum atomic E-state index is 12.6. The third-order valence-corrected chi connectivity index (χ3v) is 5.63. The lowest BCUT2D eigenvalue weighted by Crippen LogP contribution is -2.40. The predicted octanol–water partition coefficient (Wildman–Crippen LogP) is 1.35. The van der Waals surface area contributed by atoms with Gasteiger partial charge in [0.25, 0.3) is 5.91 Å². The van der Waals surface area contributed by atoms with E-state index in [0.29, 0.717) is 36.8 Å². The minimum Gasteiger partial charge on any atom is -0.378 e. The number of nitrogens with one attached hydrogen (secondary N) is 1. The van der Waals surface area contributed by atoms with Crippen LogP contribution in [-0.4, -0.2) is 58.3 Å². The third kappa shape index (κ3) is 4.35. The fraction of sp³-hybridized carbons (Fsp3) is 0.400. The van der Waals surface area contributed by atoms with Crippen LogP contribution in [0.2, 0.25) is 0 Å². The minimum absolute atomic E-state index is 0.0966. The monoisotopic (exact) mass is 356 g/mol. The molecule has 1 aromatic carbocycles. The van der Waals surface area contributed by atoms with E-state index in [0.717, 1.165) is 0 Å². The number of carbonyl (C=O) groups is 1. The van der Waals surface area contributed by atoms with Crippen molar-refractivity contribution in [1.82, 2.24) is 9.62 Å². The van der Waals surface area contributed by atoms with Gasteiger partial charge in [-0.1, -0.05) is 6.08 Å². The number of sulfonamides is 1. The van der Waals surface area contributed by atoms with Crippen molar-refractivity contribution < 1.29 is 17.9 Å². The second-order valence-electron chi connectivity index (χ2n) is 4.91. The third-order valence-electron chi connectivity index (χ3n) is 3.43. The van der Waals surface area contributed by atoms with Gasteiger partial charge in [0, 0.05) is 24.5 Å². The molecule has 1 aliphatic rings. The van der Waals surface area contributed by atoms with Crippen LogP contribution in [0.3, 0.4) is 0 Å². The first-order valence-corrected chi connectivity index (χ1v) is 9.86. The summed E-state index contributed by atoms with van der Waals surface area (Å²) in [5, 5.41) is 0. The number of ether oxygens (including phenoxy) is 1. The molecule has 0 spiro atoms. The summed E-state index contributed by atoms with van der Waals surface area (Å²) in [7, 11) is -3.60. The number of hydrogen-bond acceptors (Lipinski definition) is 5. The van der Waals surface area contributed by atoms with Crippen molar-refractivity contribution >= 4 is 27.7 Å². The van der Waals surface area contributed by atoms with E-state index in [1.54, 1.807) is 11.0 Å². The molecule has 126 valence electrons. The molecule has 1 aromatic rings. The Morgan fingerprint density at radius 3 is 2.74 bits per heavy atom. The molecule has 23 heavy (non-hydrogen) atoms. The van der Waals surface area contributed by atoms with Crippen molar-refractivity contribution in [2.24, 2.45) is 0 Å². The first-order chi connectivity index (χ1) is 11.0. The highest BCUT2D eigenvalue weighted by Crippen LogP contribution is 2.25. The van der Waals surface area contributed by atoms with E-state index in [2.05, 4.69) is 11.3 Å². The zero-order valence-corrected chi connectivity index (χ0v) is 14.6. The average Bonchev–Trinajstić information content (AvgIpc) is 2.59. The van der Waals surface area contributed by atoms with Crippen LogP contribution in [-0.2, 0) is 14.8 Å². The lowest BCUT2D eigenvalue weighted by atomic mass is 10.2. The first-order valence-electron chi connectivity index (χ1n) is 7.15. The van der Waals surface area contributed by atoms with Crippen molar-refractivity contribution in [1.29, 1.82) is 0 Å². The number of nitrogens with zero attached hydrogens (tertiary/aromatic N) is 1. The number of hydrogen-bond donors (Lipinski definition) is 1. The Morgan fingerprint density at radius 2 is 2.13 bits per heavy atom. The van der Waals surface area contributed by atoms with E-state index in [4.69, 9.17) is 4.74 Å². The molecule has 1 aliphatic heterocycles. The summed E-state index contributed by atoms with van der Waals surface area (Å²) < 4.78 is 32.0. The van der Waals surface area contributed by atoms with E-state index >= 15 is 0 Å². The molecule has 1 amide bonds. The Balaban J connectivity index is 2.29. The zero-order valence-electron chi connectivity index (χ0n) is 12.9. The molecule has 1 N–H and O–H groups in total. The van der Waals surface area contributed by atoms with Crippen LogP contribution in [0.25, 0.3) is 0 Å². The van der Waals surface area contributed by atoms with Crippen LogP contribution in [0.4, 0.5) is 0 Å².